The molecular weight excluding hydrogens is 274 g/mol. The van der Waals surface area contributed by atoms with Crippen molar-refractivity contribution >= 4 is 22.4 Å². The van der Waals surface area contributed by atoms with Crippen LogP contribution in [-0.4, -0.2) is 18.0 Å². The number of benzene rings is 1. The summed E-state index contributed by atoms with van der Waals surface area (Å²) in [5.74, 6) is 0.696. The number of rotatable bonds is 5. The molecule has 20 heavy (non-hydrogen) atoms. The van der Waals surface area contributed by atoms with Gasteiger partial charge in [-0.15, -0.1) is 11.3 Å². The van der Waals surface area contributed by atoms with Crippen molar-refractivity contribution < 1.29 is 9.53 Å². The Bertz CT molecular complexity index is 598. The Morgan fingerprint density at radius 2 is 2.35 bits per heavy atom. The minimum absolute atomic E-state index is 0.0781. The van der Waals surface area contributed by atoms with Crippen LogP contribution < -0.4 is 15.8 Å². The molecule has 0 saturated carbocycles. The van der Waals surface area contributed by atoms with E-state index in [1.54, 1.807) is 12.5 Å². The van der Waals surface area contributed by atoms with Crippen LogP contribution in [-0.2, 0) is 11.2 Å². The monoisotopic (exact) mass is 291 g/mol. The summed E-state index contributed by atoms with van der Waals surface area (Å²) in [6.45, 7) is 1.93. The van der Waals surface area contributed by atoms with Crippen molar-refractivity contribution in [2.75, 3.05) is 12.8 Å². The molecule has 0 saturated heterocycles. The highest BCUT2D eigenvalue weighted by atomic mass is 32.1. The summed E-state index contributed by atoms with van der Waals surface area (Å²) in [4.78, 5) is 16.0. The van der Waals surface area contributed by atoms with Gasteiger partial charge in [-0.2, -0.15) is 0 Å². The van der Waals surface area contributed by atoms with Gasteiger partial charge in [0, 0.05) is 5.38 Å². The van der Waals surface area contributed by atoms with Crippen LogP contribution in [0.15, 0.2) is 29.6 Å². The van der Waals surface area contributed by atoms with E-state index in [4.69, 9.17) is 10.5 Å². The molecule has 0 aliphatic rings. The van der Waals surface area contributed by atoms with Gasteiger partial charge in [0.25, 0.3) is 0 Å². The van der Waals surface area contributed by atoms with Gasteiger partial charge in [-0.3, -0.25) is 4.79 Å². The highest BCUT2D eigenvalue weighted by Gasteiger charge is 2.12. The van der Waals surface area contributed by atoms with E-state index in [9.17, 15) is 4.79 Å². The van der Waals surface area contributed by atoms with Crippen LogP contribution in [0.4, 0.5) is 5.13 Å². The van der Waals surface area contributed by atoms with Gasteiger partial charge in [-0.1, -0.05) is 12.1 Å². The van der Waals surface area contributed by atoms with E-state index in [2.05, 4.69) is 10.3 Å². The topological polar surface area (TPSA) is 77.2 Å². The van der Waals surface area contributed by atoms with Crippen molar-refractivity contribution in [2.45, 2.75) is 19.4 Å². The molecule has 2 aromatic rings. The average molecular weight is 291 g/mol. The molecule has 1 aromatic heterocycles. The smallest absolute Gasteiger partial charge is 0.226 e. The molecule has 1 aromatic carbocycles. The second-order valence-corrected chi connectivity index (χ2v) is 5.31. The molecule has 0 radical (unpaired) electrons. The lowest BCUT2D eigenvalue weighted by Gasteiger charge is -2.14. The fraction of sp³-hybridized carbons (Fsp3) is 0.286. The van der Waals surface area contributed by atoms with Crippen molar-refractivity contribution in [3.63, 3.8) is 0 Å². The molecule has 0 bridgehead atoms. The maximum Gasteiger partial charge on any atom is 0.226 e. The van der Waals surface area contributed by atoms with Crippen molar-refractivity contribution in [3.8, 4) is 5.75 Å². The molecule has 106 valence electrons. The molecule has 1 heterocycles. The summed E-state index contributed by atoms with van der Waals surface area (Å²) >= 11 is 1.34. The number of nitrogen functional groups attached to an aromatic ring is 1. The van der Waals surface area contributed by atoms with Crippen molar-refractivity contribution in [1.29, 1.82) is 0 Å². The Kier molecular flexibility index (Phi) is 4.57. The Morgan fingerprint density at radius 3 is 3.00 bits per heavy atom. The fourth-order valence-electron chi connectivity index (χ4n) is 1.86. The minimum Gasteiger partial charge on any atom is -0.497 e. The fourth-order valence-corrected chi connectivity index (χ4v) is 2.42. The van der Waals surface area contributed by atoms with E-state index in [1.165, 1.54) is 11.3 Å². The number of nitrogens with one attached hydrogen (secondary N) is 1. The third-order valence-electron chi connectivity index (χ3n) is 2.88. The molecule has 0 aliphatic carbocycles. The first kappa shape index (κ1) is 14.3. The number of carbonyl (C=O) groups is 1. The number of hydrogen-bond donors (Lipinski definition) is 2. The first-order valence-electron chi connectivity index (χ1n) is 6.21. The van der Waals surface area contributed by atoms with Crippen LogP contribution in [0.25, 0.3) is 0 Å². The van der Waals surface area contributed by atoms with Gasteiger partial charge in [0.05, 0.1) is 25.3 Å². The van der Waals surface area contributed by atoms with Crippen LogP contribution in [0, 0.1) is 0 Å². The zero-order valence-electron chi connectivity index (χ0n) is 11.4. The lowest BCUT2D eigenvalue weighted by atomic mass is 10.1. The lowest BCUT2D eigenvalue weighted by Crippen LogP contribution is -2.28. The first-order valence-corrected chi connectivity index (χ1v) is 7.09. The van der Waals surface area contributed by atoms with Gasteiger partial charge in [0.1, 0.15) is 5.75 Å². The van der Waals surface area contributed by atoms with E-state index >= 15 is 0 Å². The summed E-state index contributed by atoms with van der Waals surface area (Å²) < 4.78 is 5.17. The predicted octanol–water partition coefficient (Wildman–Crippen LogP) is 2.15. The number of methoxy groups -OCH3 is 1. The molecule has 2 rings (SSSR count). The number of thiazole rings is 1. The minimum atomic E-state index is -0.0893. The molecular formula is C14H17N3O2S. The number of aromatic nitrogens is 1. The quantitative estimate of drug-likeness (QED) is 0.885. The maximum absolute atomic E-state index is 11.9. The third kappa shape index (κ3) is 3.71. The number of hydrogen-bond acceptors (Lipinski definition) is 5. The molecule has 1 atom stereocenters. The molecule has 6 heteroatoms. The molecule has 0 unspecified atom stereocenters. The molecule has 3 N–H and O–H groups in total. The largest absolute Gasteiger partial charge is 0.497 e. The standard InChI is InChI=1S/C14H17N3O2S/c1-9(10-4-3-5-12(6-10)19-2)16-13(18)7-11-8-20-14(15)17-11/h3-6,8-9H,7H2,1-2H3,(H2,15,17)(H,16,18)/t9-/m0/s1. The predicted molar refractivity (Wildman–Crippen MR) is 79.8 cm³/mol. The number of carbonyl (C=O) groups excluding carboxylic acids is 1. The zero-order valence-corrected chi connectivity index (χ0v) is 12.2. The van der Waals surface area contributed by atoms with Crippen molar-refractivity contribution in [2.24, 2.45) is 0 Å². The van der Waals surface area contributed by atoms with Gasteiger partial charge < -0.3 is 15.8 Å². The first-order chi connectivity index (χ1) is 9.58. The second-order valence-electron chi connectivity index (χ2n) is 4.42. The Labute approximate surface area is 121 Å². The maximum atomic E-state index is 11.9. The van der Waals surface area contributed by atoms with Crippen LogP contribution in [0.3, 0.4) is 0 Å². The van der Waals surface area contributed by atoms with Crippen LogP contribution in [0.2, 0.25) is 0 Å². The summed E-state index contributed by atoms with van der Waals surface area (Å²) in [6.07, 6.45) is 0.238. The Hall–Kier alpha value is -2.08. The summed E-state index contributed by atoms with van der Waals surface area (Å²) in [7, 11) is 1.62. The summed E-state index contributed by atoms with van der Waals surface area (Å²) in [5.41, 5.74) is 7.23. The lowest BCUT2D eigenvalue weighted by molar-refractivity contribution is -0.121. The van der Waals surface area contributed by atoms with Gasteiger partial charge in [-0.25, -0.2) is 4.98 Å². The summed E-state index contributed by atoms with van der Waals surface area (Å²) in [6, 6.07) is 7.54. The van der Waals surface area contributed by atoms with Crippen LogP contribution in [0.5, 0.6) is 5.75 Å². The van der Waals surface area contributed by atoms with Gasteiger partial charge in [0.2, 0.25) is 5.91 Å². The van der Waals surface area contributed by atoms with Crippen molar-refractivity contribution in [3.05, 3.63) is 40.9 Å². The number of amides is 1. The molecule has 0 aliphatic heterocycles. The van der Waals surface area contributed by atoms with Crippen LogP contribution in [0.1, 0.15) is 24.2 Å². The number of nitrogens with two attached hydrogens (primary N) is 1. The number of ether oxygens (including phenoxy) is 1. The summed E-state index contributed by atoms with van der Waals surface area (Å²) in [5, 5.41) is 5.21. The highest BCUT2D eigenvalue weighted by molar-refractivity contribution is 7.13. The van der Waals surface area contributed by atoms with E-state index < -0.39 is 0 Å². The molecule has 5 nitrogen and oxygen atoms in total. The molecule has 1 amide bonds. The van der Waals surface area contributed by atoms with Gasteiger partial charge in [0.15, 0.2) is 5.13 Å². The average Bonchev–Trinajstić information content (AvgIpc) is 2.83. The SMILES string of the molecule is COc1cccc([C@H](C)NC(=O)Cc2csc(N)n2)c1. The third-order valence-corrected chi connectivity index (χ3v) is 3.61. The molecule has 0 fully saturated rings. The Morgan fingerprint density at radius 1 is 1.55 bits per heavy atom. The van der Waals surface area contributed by atoms with Gasteiger partial charge >= 0.3 is 0 Å². The van der Waals surface area contributed by atoms with Crippen LogP contribution >= 0.6 is 11.3 Å². The normalized spacial score (nSPS) is 11.9. The van der Waals surface area contributed by atoms with E-state index in [-0.39, 0.29) is 18.4 Å². The van der Waals surface area contributed by atoms with E-state index in [1.807, 2.05) is 31.2 Å². The second kappa shape index (κ2) is 6.38. The Balaban J connectivity index is 1.96. The van der Waals surface area contributed by atoms with Gasteiger partial charge in [-0.05, 0) is 24.6 Å². The van der Waals surface area contributed by atoms with E-state index in [0.717, 1.165) is 11.3 Å². The number of nitrogens with zero attached hydrogens (tertiary/aromatic N) is 1. The van der Waals surface area contributed by atoms with E-state index in [0.29, 0.717) is 10.8 Å². The highest BCUT2D eigenvalue weighted by Crippen LogP contribution is 2.19. The number of anilines is 1. The zero-order chi connectivity index (χ0) is 14.5. The van der Waals surface area contributed by atoms with Crippen molar-refractivity contribution in [1.82, 2.24) is 10.3 Å². The molecule has 0 spiro atoms.